The Bertz CT molecular complexity index is 1070. The zero-order valence-electron chi connectivity index (χ0n) is 15.6. The number of ether oxygens (including phenoxy) is 1. The SMILES string of the molecule is COc1ccccc1S(=O)(=O)Nc1ccc2c(c1)C(=C1CCCCC1)C(=O)N2. The van der Waals surface area contributed by atoms with Crippen LogP contribution in [0.5, 0.6) is 5.75 Å². The monoisotopic (exact) mass is 398 g/mol. The van der Waals surface area contributed by atoms with Gasteiger partial charge in [-0.05, 0) is 56.0 Å². The van der Waals surface area contributed by atoms with E-state index in [4.69, 9.17) is 4.74 Å². The standard InChI is InChI=1S/C21H22N2O4S/c1-27-18-9-5-6-10-19(18)28(25,26)23-15-11-12-17-16(13-15)20(21(24)22-17)14-7-3-2-4-8-14/h5-6,9-13,23H,2-4,7-8H2,1H3,(H,22,24). The van der Waals surface area contributed by atoms with Gasteiger partial charge in [0.2, 0.25) is 0 Å². The highest BCUT2D eigenvalue weighted by Crippen LogP contribution is 2.40. The third-order valence-electron chi connectivity index (χ3n) is 5.19. The summed E-state index contributed by atoms with van der Waals surface area (Å²) in [5.41, 5.74) is 3.76. The predicted molar refractivity (Wildman–Crippen MR) is 109 cm³/mol. The topological polar surface area (TPSA) is 84.5 Å². The maximum Gasteiger partial charge on any atom is 0.265 e. The molecule has 6 nitrogen and oxygen atoms in total. The number of anilines is 2. The Hall–Kier alpha value is -2.80. The van der Waals surface area contributed by atoms with Crippen molar-refractivity contribution < 1.29 is 17.9 Å². The fraction of sp³-hybridized carbons (Fsp3) is 0.286. The number of benzene rings is 2. The Morgan fingerprint density at radius 1 is 1.04 bits per heavy atom. The van der Waals surface area contributed by atoms with Crippen LogP contribution in [0.1, 0.15) is 37.7 Å². The van der Waals surface area contributed by atoms with Crippen molar-refractivity contribution in [1.82, 2.24) is 0 Å². The van der Waals surface area contributed by atoms with E-state index in [1.807, 2.05) is 0 Å². The summed E-state index contributed by atoms with van der Waals surface area (Å²) in [6.45, 7) is 0. The maximum atomic E-state index is 12.8. The first-order valence-electron chi connectivity index (χ1n) is 9.33. The number of carbonyl (C=O) groups excluding carboxylic acids is 1. The Balaban J connectivity index is 1.70. The van der Waals surface area contributed by atoms with Crippen molar-refractivity contribution in [1.29, 1.82) is 0 Å². The quantitative estimate of drug-likeness (QED) is 0.757. The summed E-state index contributed by atoms with van der Waals surface area (Å²) in [7, 11) is -2.39. The van der Waals surface area contributed by atoms with Gasteiger partial charge in [-0.2, -0.15) is 0 Å². The number of amides is 1. The summed E-state index contributed by atoms with van der Waals surface area (Å²) in [6.07, 6.45) is 5.19. The van der Waals surface area contributed by atoms with E-state index in [1.54, 1.807) is 36.4 Å². The number of para-hydroxylation sites is 1. The number of carbonyl (C=O) groups is 1. The highest BCUT2D eigenvalue weighted by Gasteiger charge is 2.29. The second-order valence-corrected chi connectivity index (χ2v) is 8.66. The number of fused-ring (bicyclic) bond motifs is 1. The van der Waals surface area contributed by atoms with Gasteiger partial charge in [0.05, 0.1) is 7.11 Å². The van der Waals surface area contributed by atoms with E-state index < -0.39 is 10.0 Å². The molecule has 0 bridgehead atoms. The normalized spacial score (nSPS) is 16.5. The van der Waals surface area contributed by atoms with Crippen molar-refractivity contribution in [3.8, 4) is 5.75 Å². The minimum Gasteiger partial charge on any atom is -0.495 e. The summed E-state index contributed by atoms with van der Waals surface area (Å²) < 4.78 is 33.5. The highest BCUT2D eigenvalue weighted by atomic mass is 32.2. The molecule has 2 aromatic rings. The van der Waals surface area contributed by atoms with Crippen molar-refractivity contribution >= 4 is 32.9 Å². The van der Waals surface area contributed by atoms with Crippen LogP contribution in [0.2, 0.25) is 0 Å². The highest BCUT2D eigenvalue weighted by molar-refractivity contribution is 7.92. The van der Waals surface area contributed by atoms with Gasteiger partial charge in [0.15, 0.2) is 0 Å². The Labute approximate surface area is 164 Å². The fourth-order valence-corrected chi connectivity index (χ4v) is 5.08. The number of rotatable bonds is 4. The summed E-state index contributed by atoms with van der Waals surface area (Å²) in [5, 5.41) is 2.89. The molecule has 0 spiro atoms. The van der Waals surface area contributed by atoms with Gasteiger partial charge >= 0.3 is 0 Å². The molecule has 1 aliphatic heterocycles. The first-order chi connectivity index (χ1) is 13.5. The van der Waals surface area contributed by atoms with Gasteiger partial charge in [-0.25, -0.2) is 8.42 Å². The molecule has 2 aromatic carbocycles. The molecule has 4 rings (SSSR count). The van der Waals surface area contributed by atoms with Gasteiger partial charge in [-0.15, -0.1) is 0 Å². The smallest absolute Gasteiger partial charge is 0.265 e. The van der Waals surface area contributed by atoms with Crippen molar-refractivity contribution in [3.63, 3.8) is 0 Å². The zero-order chi connectivity index (χ0) is 19.7. The van der Waals surface area contributed by atoms with Crippen LogP contribution in [0, 0.1) is 0 Å². The molecular weight excluding hydrogens is 376 g/mol. The third kappa shape index (κ3) is 3.38. The van der Waals surface area contributed by atoms with E-state index in [0.717, 1.165) is 42.5 Å². The predicted octanol–water partition coefficient (Wildman–Crippen LogP) is 4.17. The minimum atomic E-state index is -3.83. The second-order valence-electron chi connectivity index (χ2n) is 7.01. The van der Waals surface area contributed by atoms with E-state index in [-0.39, 0.29) is 16.6 Å². The molecule has 2 N–H and O–H groups in total. The van der Waals surface area contributed by atoms with Crippen LogP contribution < -0.4 is 14.8 Å². The van der Waals surface area contributed by atoms with Crippen LogP contribution in [-0.4, -0.2) is 21.4 Å². The van der Waals surface area contributed by atoms with Gasteiger partial charge in [-0.3, -0.25) is 9.52 Å². The van der Waals surface area contributed by atoms with E-state index >= 15 is 0 Å². The van der Waals surface area contributed by atoms with Gasteiger partial charge in [-0.1, -0.05) is 24.1 Å². The molecule has 0 aromatic heterocycles. The number of hydrogen-bond acceptors (Lipinski definition) is 4. The second kappa shape index (κ2) is 7.31. The maximum absolute atomic E-state index is 12.8. The summed E-state index contributed by atoms with van der Waals surface area (Å²) in [6, 6.07) is 11.6. The summed E-state index contributed by atoms with van der Waals surface area (Å²) >= 11 is 0. The number of methoxy groups -OCH3 is 1. The number of sulfonamides is 1. The lowest BCUT2D eigenvalue weighted by Gasteiger charge is -2.16. The molecule has 28 heavy (non-hydrogen) atoms. The summed E-state index contributed by atoms with van der Waals surface area (Å²) in [5.74, 6) is 0.176. The van der Waals surface area contributed by atoms with E-state index in [9.17, 15) is 13.2 Å². The zero-order valence-corrected chi connectivity index (χ0v) is 16.4. The molecule has 1 aliphatic carbocycles. The average molecular weight is 398 g/mol. The van der Waals surface area contributed by atoms with Crippen LogP contribution >= 0.6 is 0 Å². The molecule has 0 saturated heterocycles. The number of hydrogen-bond donors (Lipinski definition) is 2. The molecule has 0 atom stereocenters. The summed E-state index contributed by atoms with van der Waals surface area (Å²) in [4.78, 5) is 12.6. The first-order valence-corrected chi connectivity index (χ1v) is 10.8. The van der Waals surface area contributed by atoms with Crippen molar-refractivity contribution in [2.45, 2.75) is 37.0 Å². The molecule has 1 saturated carbocycles. The largest absolute Gasteiger partial charge is 0.495 e. The van der Waals surface area contributed by atoms with Crippen LogP contribution in [0.15, 0.2) is 52.9 Å². The average Bonchev–Trinajstić information content (AvgIpc) is 3.03. The molecule has 1 fully saturated rings. The van der Waals surface area contributed by atoms with Crippen LogP contribution in [0.3, 0.4) is 0 Å². The van der Waals surface area contributed by atoms with Gasteiger partial charge < -0.3 is 10.1 Å². The van der Waals surface area contributed by atoms with Crippen molar-refractivity contribution in [3.05, 3.63) is 53.6 Å². The molecule has 2 aliphatic rings. The molecule has 0 radical (unpaired) electrons. The van der Waals surface area contributed by atoms with Gasteiger partial charge in [0.1, 0.15) is 10.6 Å². The fourth-order valence-electron chi connectivity index (χ4n) is 3.86. The van der Waals surface area contributed by atoms with Gasteiger partial charge in [0, 0.05) is 22.5 Å². The van der Waals surface area contributed by atoms with Crippen LogP contribution in [0.25, 0.3) is 5.57 Å². The number of nitrogens with one attached hydrogen (secondary N) is 2. The van der Waals surface area contributed by atoms with Crippen LogP contribution in [-0.2, 0) is 14.8 Å². The van der Waals surface area contributed by atoms with Gasteiger partial charge in [0.25, 0.3) is 15.9 Å². The lowest BCUT2D eigenvalue weighted by molar-refractivity contribution is -0.110. The molecule has 0 unspecified atom stereocenters. The van der Waals surface area contributed by atoms with Crippen molar-refractivity contribution in [2.24, 2.45) is 0 Å². The first kappa shape index (κ1) is 18.6. The molecular formula is C21H22N2O4S. The number of allylic oxidation sites excluding steroid dienone is 1. The molecule has 146 valence electrons. The van der Waals surface area contributed by atoms with E-state index in [2.05, 4.69) is 10.0 Å². The molecule has 1 amide bonds. The van der Waals surface area contributed by atoms with Crippen LogP contribution in [0.4, 0.5) is 11.4 Å². The lowest BCUT2D eigenvalue weighted by atomic mass is 9.88. The van der Waals surface area contributed by atoms with Crippen molar-refractivity contribution in [2.75, 3.05) is 17.1 Å². The third-order valence-corrected chi connectivity index (χ3v) is 6.61. The minimum absolute atomic E-state index is 0.0676. The lowest BCUT2D eigenvalue weighted by Crippen LogP contribution is -2.14. The van der Waals surface area contributed by atoms with E-state index in [1.165, 1.54) is 19.6 Å². The Kier molecular flexibility index (Phi) is 4.85. The van der Waals surface area contributed by atoms with E-state index in [0.29, 0.717) is 11.3 Å². The molecule has 1 heterocycles. The Morgan fingerprint density at radius 2 is 1.79 bits per heavy atom. The Morgan fingerprint density at radius 3 is 2.54 bits per heavy atom. The molecule has 7 heteroatoms.